The van der Waals surface area contributed by atoms with Gasteiger partial charge >= 0.3 is 6.03 Å². The Hall–Kier alpha value is -1.88. The van der Waals surface area contributed by atoms with Crippen molar-refractivity contribution < 1.29 is 14.3 Å². The predicted octanol–water partition coefficient (Wildman–Crippen LogP) is 4.55. The topological polar surface area (TPSA) is 58.6 Å². The molecular formula is C20H16I2N2O3. The predicted molar refractivity (Wildman–Crippen MR) is 121 cm³/mol. The molecule has 0 bridgehead atoms. The molecule has 1 heterocycles. The van der Waals surface area contributed by atoms with Crippen LogP contribution in [0.4, 0.5) is 4.79 Å². The molecule has 7 heteroatoms. The van der Waals surface area contributed by atoms with Crippen LogP contribution in [-0.2, 0) is 11.4 Å². The Morgan fingerprint density at radius 3 is 2.41 bits per heavy atom. The molecule has 5 nitrogen and oxygen atoms in total. The molecule has 3 rings (SSSR count). The number of nitrogens with zero attached hydrogens (tertiary/aromatic N) is 1. The summed E-state index contributed by atoms with van der Waals surface area (Å²) in [4.78, 5) is 25.3. The highest BCUT2D eigenvalue weighted by atomic mass is 127. The Kier molecular flexibility index (Phi) is 6.53. The molecule has 27 heavy (non-hydrogen) atoms. The van der Waals surface area contributed by atoms with Crippen molar-refractivity contribution >= 4 is 63.2 Å². The van der Waals surface area contributed by atoms with Gasteiger partial charge in [0, 0.05) is 6.54 Å². The summed E-state index contributed by atoms with van der Waals surface area (Å²) in [5.41, 5.74) is 2.17. The molecule has 2 aromatic carbocycles. The number of imide groups is 1. The number of hydrogen-bond acceptors (Lipinski definition) is 3. The van der Waals surface area contributed by atoms with Gasteiger partial charge in [0.2, 0.25) is 0 Å². The zero-order chi connectivity index (χ0) is 19.4. The molecule has 3 amide bonds. The van der Waals surface area contributed by atoms with E-state index in [1.165, 1.54) is 6.08 Å². The van der Waals surface area contributed by atoms with Crippen molar-refractivity contribution in [3.63, 3.8) is 0 Å². The van der Waals surface area contributed by atoms with E-state index in [1.54, 1.807) is 6.08 Å². The van der Waals surface area contributed by atoms with Gasteiger partial charge in [0.25, 0.3) is 5.91 Å². The summed E-state index contributed by atoms with van der Waals surface area (Å²) in [6.45, 7) is 4.23. The van der Waals surface area contributed by atoms with E-state index in [1.807, 2.05) is 42.5 Å². The van der Waals surface area contributed by atoms with Crippen LogP contribution in [0.15, 0.2) is 60.8 Å². The molecule has 1 fully saturated rings. The molecule has 0 spiro atoms. The number of ether oxygens (including phenoxy) is 1. The van der Waals surface area contributed by atoms with E-state index < -0.39 is 6.03 Å². The van der Waals surface area contributed by atoms with Gasteiger partial charge in [0.05, 0.1) is 7.14 Å². The molecule has 0 aromatic heterocycles. The van der Waals surface area contributed by atoms with Gasteiger partial charge in [-0.3, -0.25) is 9.69 Å². The maximum Gasteiger partial charge on any atom is 0.329 e. The largest absolute Gasteiger partial charge is 0.487 e. The number of benzene rings is 2. The molecule has 1 aliphatic heterocycles. The summed E-state index contributed by atoms with van der Waals surface area (Å²) < 4.78 is 7.84. The van der Waals surface area contributed by atoms with Gasteiger partial charge in [-0.25, -0.2) is 4.79 Å². The lowest BCUT2D eigenvalue weighted by Gasteiger charge is -2.12. The number of amides is 3. The summed E-state index contributed by atoms with van der Waals surface area (Å²) in [6.07, 6.45) is 3.19. The Balaban J connectivity index is 1.79. The molecule has 1 aliphatic rings. The molecular weight excluding hydrogens is 570 g/mol. The average Bonchev–Trinajstić information content (AvgIpc) is 2.90. The average molecular weight is 586 g/mol. The number of carbonyl (C=O) groups excluding carboxylic acids is 2. The summed E-state index contributed by atoms with van der Waals surface area (Å²) >= 11 is 4.43. The SMILES string of the molecule is C=CCN1C(=O)N/C(=C/c2cc(I)c(OCc3ccccc3)c(I)c2)C1=O. The van der Waals surface area contributed by atoms with Crippen molar-refractivity contribution in [3.8, 4) is 5.75 Å². The van der Waals surface area contributed by atoms with Crippen LogP contribution in [-0.4, -0.2) is 23.4 Å². The first-order valence-corrected chi connectivity index (χ1v) is 10.3. The van der Waals surface area contributed by atoms with Crippen molar-refractivity contribution in [2.24, 2.45) is 0 Å². The van der Waals surface area contributed by atoms with Crippen LogP contribution in [0.1, 0.15) is 11.1 Å². The maximum absolute atomic E-state index is 12.3. The first-order chi connectivity index (χ1) is 13.0. The second-order valence-electron chi connectivity index (χ2n) is 5.78. The molecule has 0 aliphatic carbocycles. The Morgan fingerprint density at radius 1 is 1.11 bits per heavy atom. The summed E-state index contributed by atoms with van der Waals surface area (Å²) in [5, 5.41) is 2.60. The van der Waals surface area contributed by atoms with Gasteiger partial charge < -0.3 is 10.1 Å². The highest BCUT2D eigenvalue weighted by molar-refractivity contribution is 14.1. The smallest absolute Gasteiger partial charge is 0.329 e. The third-order valence-corrected chi connectivity index (χ3v) is 5.43. The van der Waals surface area contributed by atoms with E-state index in [2.05, 4.69) is 57.1 Å². The van der Waals surface area contributed by atoms with Gasteiger partial charge in [-0.05, 0) is 74.5 Å². The van der Waals surface area contributed by atoms with E-state index in [9.17, 15) is 9.59 Å². The maximum atomic E-state index is 12.3. The number of carbonyl (C=O) groups is 2. The highest BCUT2D eigenvalue weighted by Gasteiger charge is 2.32. The number of nitrogens with one attached hydrogen (secondary N) is 1. The standard InChI is InChI=1S/C20H16I2N2O3/c1-2-8-24-19(25)17(23-20(24)26)11-14-9-15(21)18(16(22)10-14)27-12-13-6-4-3-5-7-13/h2-7,9-11H,1,8,12H2,(H,23,26)/b17-11+. The molecule has 0 radical (unpaired) electrons. The van der Waals surface area contributed by atoms with Crippen LogP contribution in [0.3, 0.4) is 0 Å². The lowest BCUT2D eigenvalue weighted by Crippen LogP contribution is -2.30. The van der Waals surface area contributed by atoms with Crippen LogP contribution < -0.4 is 10.1 Å². The molecule has 0 unspecified atom stereocenters. The molecule has 2 aromatic rings. The van der Waals surface area contributed by atoms with E-state index in [4.69, 9.17) is 4.74 Å². The van der Waals surface area contributed by atoms with E-state index in [0.29, 0.717) is 6.61 Å². The molecule has 138 valence electrons. The first-order valence-electron chi connectivity index (χ1n) is 8.11. The minimum Gasteiger partial charge on any atom is -0.487 e. The number of urea groups is 1. The molecule has 1 saturated heterocycles. The Bertz CT molecular complexity index is 903. The minimum absolute atomic E-state index is 0.184. The normalized spacial score (nSPS) is 15.2. The fourth-order valence-corrected chi connectivity index (χ4v) is 4.69. The first kappa shape index (κ1) is 19.9. The summed E-state index contributed by atoms with van der Waals surface area (Å²) in [6, 6.07) is 13.4. The van der Waals surface area contributed by atoms with Gasteiger partial charge in [-0.15, -0.1) is 6.58 Å². The number of hydrogen-bond donors (Lipinski definition) is 1. The highest BCUT2D eigenvalue weighted by Crippen LogP contribution is 2.30. The second kappa shape index (κ2) is 8.87. The van der Waals surface area contributed by atoms with E-state index >= 15 is 0 Å². The Labute approximate surface area is 184 Å². The fraction of sp³-hybridized carbons (Fsp3) is 0.100. The number of rotatable bonds is 6. The van der Waals surface area contributed by atoms with Gasteiger partial charge in [0.15, 0.2) is 0 Å². The molecule has 0 saturated carbocycles. The molecule has 1 N–H and O–H groups in total. The van der Waals surface area contributed by atoms with Crippen molar-refractivity contribution in [1.82, 2.24) is 10.2 Å². The number of halogens is 2. The van der Waals surface area contributed by atoms with E-state index in [-0.39, 0.29) is 18.1 Å². The monoisotopic (exact) mass is 586 g/mol. The van der Waals surface area contributed by atoms with Crippen LogP contribution >= 0.6 is 45.2 Å². The summed E-state index contributed by atoms with van der Waals surface area (Å²) in [5.74, 6) is 0.451. The molecule has 0 atom stereocenters. The van der Waals surface area contributed by atoms with E-state index in [0.717, 1.165) is 28.9 Å². The lowest BCUT2D eigenvalue weighted by atomic mass is 10.2. The lowest BCUT2D eigenvalue weighted by molar-refractivity contribution is -0.122. The fourth-order valence-electron chi connectivity index (χ4n) is 2.56. The zero-order valence-corrected chi connectivity index (χ0v) is 18.6. The third kappa shape index (κ3) is 4.70. The van der Waals surface area contributed by atoms with Crippen LogP contribution in [0.25, 0.3) is 6.08 Å². The second-order valence-corrected chi connectivity index (χ2v) is 8.10. The van der Waals surface area contributed by atoms with Crippen molar-refractivity contribution in [2.45, 2.75) is 6.61 Å². The third-order valence-electron chi connectivity index (χ3n) is 3.83. The van der Waals surface area contributed by atoms with Crippen LogP contribution in [0.2, 0.25) is 0 Å². The Morgan fingerprint density at radius 2 is 1.78 bits per heavy atom. The van der Waals surface area contributed by atoms with Gasteiger partial charge in [0.1, 0.15) is 18.1 Å². The van der Waals surface area contributed by atoms with Crippen molar-refractivity contribution in [1.29, 1.82) is 0 Å². The van der Waals surface area contributed by atoms with Crippen molar-refractivity contribution in [2.75, 3.05) is 6.54 Å². The van der Waals surface area contributed by atoms with Crippen LogP contribution in [0, 0.1) is 7.14 Å². The van der Waals surface area contributed by atoms with Crippen LogP contribution in [0.5, 0.6) is 5.75 Å². The van der Waals surface area contributed by atoms with Gasteiger partial charge in [-0.1, -0.05) is 36.4 Å². The zero-order valence-electron chi connectivity index (χ0n) is 14.2. The van der Waals surface area contributed by atoms with Crippen molar-refractivity contribution in [3.05, 3.63) is 79.1 Å². The quantitative estimate of drug-likeness (QED) is 0.234. The summed E-state index contributed by atoms with van der Waals surface area (Å²) in [7, 11) is 0. The minimum atomic E-state index is -0.432. The van der Waals surface area contributed by atoms with Gasteiger partial charge in [-0.2, -0.15) is 0 Å².